The minimum Gasteiger partial charge on any atom is -0.494 e. The van der Waals surface area contributed by atoms with E-state index in [2.05, 4.69) is 23.6 Å². The number of benzene rings is 1. The largest absolute Gasteiger partial charge is 0.494 e. The zero-order valence-electron chi connectivity index (χ0n) is 15.9. The van der Waals surface area contributed by atoms with Crippen molar-refractivity contribution in [1.29, 1.82) is 0 Å². The molecule has 0 aliphatic carbocycles. The molecule has 0 N–H and O–H groups in total. The molecule has 0 fully saturated rings. The highest BCUT2D eigenvalue weighted by atomic mass is 16.5. The van der Waals surface area contributed by atoms with Crippen LogP contribution in [-0.2, 0) is 4.74 Å². The van der Waals surface area contributed by atoms with Gasteiger partial charge in [-0.1, -0.05) is 42.4 Å². The maximum Gasteiger partial charge on any atom is 0.257 e. The normalized spacial score (nSPS) is 12.3. The molecular formula is C21H26N2O3. The lowest BCUT2D eigenvalue weighted by atomic mass is 10.1. The van der Waals surface area contributed by atoms with Crippen LogP contribution in [0, 0.1) is 0 Å². The molecule has 0 amide bonds. The smallest absolute Gasteiger partial charge is 0.257 e. The van der Waals surface area contributed by atoms with Crippen LogP contribution in [0.2, 0.25) is 0 Å². The van der Waals surface area contributed by atoms with Crippen LogP contribution in [0.3, 0.4) is 0 Å². The molecule has 2 aromatic rings. The van der Waals surface area contributed by atoms with Crippen molar-refractivity contribution < 1.29 is 14.0 Å². The van der Waals surface area contributed by atoms with Crippen LogP contribution in [0.1, 0.15) is 33.1 Å². The molecule has 2 rings (SSSR count). The number of nitrogens with zero attached hydrogens (tertiary/aromatic N) is 2. The van der Waals surface area contributed by atoms with Gasteiger partial charge in [0.25, 0.3) is 5.89 Å². The molecule has 1 aromatic heterocycles. The second-order valence-corrected chi connectivity index (χ2v) is 5.93. The van der Waals surface area contributed by atoms with Crippen LogP contribution in [0.5, 0.6) is 5.75 Å². The Morgan fingerprint density at radius 2 is 2.15 bits per heavy atom. The third-order valence-corrected chi connectivity index (χ3v) is 3.73. The molecule has 5 nitrogen and oxygen atoms in total. The Kier molecular flexibility index (Phi) is 7.36. The summed E-state index contributed by atoms with van der Waals surface area (Å²) in [4.78, 5) is 4.53. The minimum absolute atomic E-state index is 0.456. The van der Waals surface area contributed by atoms with E-state index in [0.717, 1.165) is 34.5 Å². The summed E-state index contributed by atoms with van der Waals surface area (Å²) in [6.07, 6.45) is 4.85. The zero-order valence-corrected chi connectivity index (χ0v) is 15.9. The van der Waals surface area contributed by atoms with Crippen molar-refractivity contribution in [1.82, 2.24) is 10.1 Å². The van der Waals surface area contributed by atoms with E-state index in [1.54, 1.807) is 7.11 Å². The van der Waals surface area contributed by atoms with Crippen molar-refractivity contribution in [2.45, 2.75) is 27.2 Å². The standard InChI is InChI=1S/C21H26N2O3/c1-6-11-25-19-10-8-9-17(13-19)20-22-21(26-23-20)16(7-2)12-18(14-24-5)15(3)4/h7-10,12-13H,3,6,11,14H2,1-2,4-5H3/b16-7+,18-12-. The van der Waals surface area contributed by atoms with Crippen molar-refractivity contribution in [2.24, 2.45) is 0 Å². The monoisotopic (exact) mass is 354 g/mol. The highest BCUT2D eigenvalue weighted by molar-refractivity contribution is 5.71. The SMILES string of the molecule is C=C(C)/C(=C\C(=C/C)c1nc(-c2cccc(OCCC)c2)no1)COC. The molecule has 0 bridgehead atoms. The van der Waals surface area contributed by atoms with Crippen LogP contribution in [0.15, 0.2) is 58.7 Å². The minimum atomic E-state index is 0.456. The Morgan fingerprint density at radius 1 is 1.35 bits per heavy atom. The van der Waals surface area contributed by atoms with E-state index in [0.29, 0.717) is 24.9 Å². The fourth-order valence-electron chi connectivity index (χ4n) is 2.30. The van der Waals surface area contributed by atoms with Crippen LogP contribution >= 0.6 is 0 Å². The second kappa shape index (κ2) is 9.73. The first kappa shape index (κ1) is 19.7. The van der Waals surface area contributed by atoms with E-state index in [1.807, 2.05) is 50.3 Å². The lowest BCUT2D eigenvalue weighted by Crippen LogP contribution is -1.96. The first-order valence-electron chi connectivity index (χ1n) is 8.68. The molecule has 5 heteroatoms. The van der Waals surface area contributed by atoms with Gasteiger partial charge in [0.15, 0.2) is 0 Å². The Bertz CT molecular complexity index is 803. The molecule has 0 aliphatic rings. The number of ether oxygens (including phenoxy) is 2. The molecule has 26 heavy (non-hydrogen) atoms. The van der Waals surface area contributed by atoms with Gasteiger partial charge in [-0.3, -0.25) is 0 Å². The second-order valence-electron chi connectivity index (χ2n) is 5.93. The van der Waals surface area contributed by atoms with Crippen molar-refractivity contribution in [3.05, 3.63) is 60.0 Å². The Labute approximate surface area is 155 Å². The highest BCUT2D eigenvalue weighted by Crippen LogP contribution is 2.25. The van der Waals surface area contributed by atoms with E-state index >= 15 is 0 Å². The summed E-state index contributed by atoms with van der Waals surface area (Å²) >= 11 is 0. The van der Waals surface area contributed by atoms with Gasteiger partial charge in [0.1, 0.15) is 5.75 Å². The van der Waals surface area contributed by atoms with Crippen molar-refractivity contribution in [2.75, 3.05) is 20.3 Å². The van der Waals surface area contributed by atoms with E-state index in [4.69, 9.17) is 14.0 Å². The van der Waals surface area contributed by atoms with E-state index in [9.17, 15) is 0 Å². The molecule has 138 valence electrons. The van der Waals surface area contributed by atoms with Gasteiger partial charge in [0.2, 0.25) is 5.82 Å². The maximum absolute atomic E-state index is 5.67. The van der Waals surface area contributed by atoms with Crippen LogP contribution in [0.4, 0.5) is 0 Å². The first-order chi connectivity index (χ1) is 12.6. The number of hydrogen-bond donors (Lipinski definition) is 0. The predicted molar refractivity (Wildman–Crippen MR) is 104 cm³/mol. The number of allylic oxidation sites excluding steroid dienone is 3. The Morgan fingerprint density at radius 3 is 2.81 bits per heavy atom. The molecule has 0 radical (unpaired) electrons. The van der Waals surface area contributed by atoms with E-state index < -0.39 is 0 Å². The Hall–Kier alpha value is -2.66. The topological polar surface area (TPSA) is 57.4 Å². The Balaban J connectivity index is 2.28. The third-order valence-electron chi connectivity index (χ3n) is 3.73. The molecule has 0 saturated heterocycles. The molecule has 0 aliphatic heterocycles. The first-order valence-corrected chi connectivity index (χ1v) is 8.68. The molecule has 1 aromatic carbocycles. The number of aromatic nitrogens is 2. The fraction of sp³-hybridized carbons (Fsp3) is 0.333. The molecular weight excluding hydrogens is 328 g/mol. The van der Waals surface area contributed by atoms with Crippen molar-refractivity contribution >= 4 is 5.57 Å². The molecule has 0 spiro atoms. The average molecular weight is 354 g/mol. The van der Waals surface area contributed by atoms with Crippen LogP contribution < -0.4 is 4.74 Å². The molecule has 0 saturated carbocycles. The maximum atomic E-state index is 5.67. The lowest BCUT2D eigenvalue weighted by molar-refractivity contribution is 0.227. The van der Waals surface area contributed by atoms with Crippen molar-refractivity contribution in [3.8, 4) is 17.1 Å². The van der Waals surface area contributed by atoms with Gasteiger partial charge >= 0.3 is 0 Å². The van der Waals surface area contributed by atoms with E-state index in [-0.39, 0.29) is 0 Å². The summed E-state index contributed by atoms with van der Waals surface area (Å²) in [6, 6.07) is 7.69. The van der Waals surface area contributed by atoms with Gasteiger partial charge in [-0.2, -0.15) is 4.98 Å². The van der Waals surface area contributed by atoms with Crippen LogP contribution in [-0.4, -0.2) is 30.5 Å². The molecule has 0 unspecified atom stereocenters. The quantitative estimate of drug-likeness (QED) is 0.588. The summed E-state index contributed by atoms with van der Waals surface area (Å²) in [5, 5.41) is 4.11. The summed E-state index contributed by atoms with van der Waals surface area (Å²) in [6.45, 7) is 11.1. The number of methoxy groups -OCH3 is 1. The summed E-state index contributed by atoms with van der Waals surface area (Å²) < 4.78 is 16.4. The van der Waals surface area contributed by atoms with E-state index in [1.165, 1.54) is 0 Å². The predicted octanol–water partition coefficient (Wildman–Crippen LogP) is 5.08. The number of hydrogen-bond acceptors (Lipinski definition) is 5. The van der Waals surface area contributed by atoms with Crippen LogP contribution in [0.25, 0.3) is 17.0 Å². The van der Waals surface area contributed by atoms with Gasteiger partial charge in [-0.15, -0.1) is 0 Å². The fourth-order valence-corrected chi connectivity index (χ4v) is 2.30. The molecule has 1 heterocycles. The zero-order chi connectivity index (χ0) is 18.9. The van der Waals surface area contributed by atoms with Gasteiger partial charge in [0, 0.05) is 18.2 Å². The van der Waals surface area contributed by atoms with Gasteiger partial charge in [-0.05, 0) is 44.1 Å². The van der Waals surface area contributed by atoms with Gasteiger partial charge in [0.05, 0.1) is 13.2 Å². The van der Waals surface area contributed by atoms with Gasteiger partial charge in [-0.25, -0.2) is 0 Å². The van der Waals surface area contributed by atoms with Gasteiger partial charge < -0.3 is 14.0 Å². The summed E-state index contributed by atoms with van der Waals surface area (Å²) in [7, 11) is 1.66. The average Bonchev–Trinajstić information content (AvgIpc) is 3.13. The third kappa shape index (κ3) is 5.17. The summed E-state index contributed by atoms with van der Waals surface area (Å²) in [5.41, 5.74) is 3.60. The number of rotatable bonds is 9. The summed E-state index contributed by atoms with van der Waals surface area (Å²) in [5.74, 6) is 1.78. The highest BCUT2D eigenvalue weighted by Gasteiger charge is 2.13. The van der Waals surface area contributed by atoms with Crippen molar-refractivity contribution in [3.63, 3.8) is 0 Å². The molecule has 0 atom stereocenters. The lowest BCUT2D eigenvalue weighted by Gasteiger charge is -2.06.